The summed E-state index contributed by atoms with van der Waals surface area (Å²) >= 11 is 6.04. The number of alkyl halides is 3. The molecule has 38 heavy (non-hydrogen) atoms. The highest BCUT2D eigenvalue weighted by Crippen LogP contribution is 2.33. The molecule has 0 aliphatic rings. The Kier molecular flexibility index (Phi) is 6.69. The predicted molar refractivity (Wildman–Crippen MR) is 140 cm³/mol. The van der Waals surface area contributed by atoms with E-state index < -0.39 is 11.7 Å². The molecule has 0 saturated carbocycles. The van der Waals surface area contributed by atoms with Crippen LogP contribution in [0.1, 0.15) is 16.7 Å². The van der Waals surface area contributed by atoms with E-state index in [2.05, 4.69) is 20.2 Å². The highest BCUT2D eigenvalue weighted by atomic mass is 35.5. The molecule has 5 rings (SSSR count). The number of halogens is 4. The molecule has 1 heterocycles. The van der Waals surface area contributed by atoms with Crippen molar-refractivity contribution in [1.29, 1.82) is 0 Å². The Hall–Kier alpha value is -4.50. The number of fused-ring (bicyclic) bond motifs is 1. The van der Waals surface area contributed by atoms with E-state index in [1.165, 1.54) is 24.4 Å². The largest absolute Gasteiger partial charge is 0.507 e. The summed E-state index contributed by atoms with van der Waals surface area (Å²) in [4.78, 5) is 9.01. The van der Waals surface area contributed by atoms with Crippen LogP contribution in [0, 0.1) is 6.92 Å². The van der Waals surface area contributed by atoms with Gasteiger partial charge >= 0.3 is 6.18 Å². The average Bonchev–Trinajstić information content (AvgIpc) is 3.30. The van der Waals surface area contributed by atoms with Crippen LogP contribution >= 0.6 is 11.6 Å². The van der Waals surface area contributed by atoms with E-state index in [1.54, 1.807) is 30.3 Å². The number of rotatable bonds is 5. The van der Waals surface area contributed by atoms with Gasteiger partial charge in [0.2, 0.25) is 5.89 Å². The molecule has 10 heteroatoms. The normalized spacial score (nSPS) is 12.2. The predicted octanol–water partition coefficient (Wildman–Crippen LogP) is 9.35. The van der Waals surface area contributed by atoms with Crippen LogP contribution in [0.3, 0.4) is 0 Å². The lowest BCUT2D eigenvalue weighted by atomic mass is 10.1. The summed E-state index contributed by atoms with van der Waals surface area (Å²) in [6.45, 7) is 1.90. The van der Waals surface area contributed by atoms with Crippen molar-refractivity contribution in [2.45, 2.75) is 13.1 Å². The molecule has 1 N–H and O–H groups in total. The standard InChI is InChI=1S/C28H18ClF3N4O2/c1-16-5-6-17(27-34-24-13-20(29)8-10-26(24)38-27)11-23(16)33-15-18-7-9-22(14-25(18)37)36-35-21-4-2-3-19(12-21)28(30,31)32/h2-15,37H,1H3. The minimum Gasteiger partial charge on any atom is -0.507 e. The highest BCUT2D eigenvalue weighted by Gasteiger charge is 2.30. The highest BCUT2D eigenvalue weighted by molar-refractivity contribution is 6.31. The monoisotopic (exact) mass is 534 g/mol. The van der Waals surface area contributed by atoms with Crippen molar-refractivity contribution in [3.8, 4) is 17.2 Å². The number of phenols is 1. The van der Waals surface area contributed by atoms with E-state index in [4.69, 9.17) is 16.0 Å². The van der Waals surface area contributed by atoms with Crippen molar-refractivity contribution in [2.24, 2.45) is 15.2 Å². The molecule has 1 aromatic heterocycles. The summed E-state index contributed by atoms with van der Waals surface area (Å²) in [5.74, 6) is 0.316. The first kappa shape index (κ1) is 25.2. The summed E-state index contributed by atoms with van der Waals surface area (Å²) in [6, 6.07) is 19.8. The number of aromatic hydroxyl groups is 1. The summed E-state index contributed by atoms with van der Waals surface area (Å²) in [5, 5.41) is 18.8. The van der Waals surface area contributed by atoms with Gasteiger partial charge in [-0.25, -0.2) is 4.98 Å². The number of oxazole rings is 1. The van der Waals surface area contributed by atoms with Gasteiger partial charge in [-0.1, -0.05) is 23.7 Å². The fraction of sp³-hybridized carbons (Fsp3) is 0.0714. The van der Waals surface area contributed by atoms with Crippen molar-refractivity contribution < 1.29 is 22.7 Å². The first-order valence-electron chi connectivity index (χ1n) is 11.3. The maximum Gasteiger partial charge on any atom is 0.416 e. The summed E-state index contributed by atoms with van der Waals surface area (Å²) < 4.78 is 44.5. The van der Waals surface area contributed by atoms with Gasteiger partial charge in [0.05, 0.1) is 22.6 Å². The summed E-state index contributed by atoms with van der Waals surface area (Å²) in [5.41, 5.74) is 3.45. The third-order valence-electron chi connectivity index (χ3n) is 5.62. The van der Waals surface area contributed by atoms with Crippen LogP contribution in [0.15, 0.2) is 98.5 Å². The van der Waals surface area contributed by atoms with E-state index in [0.717, 1.165) is 23.3 Å². The Morgan fingerprint density at radius 1 is 0.921 bits per heavy atom. The quantitative estimate of drug-likeness (QED) is 0.180. The van der Waals surface area contributed by atoms with Crippen LogP contribution in [-0.2, 0) is 6.18 Å². The minimum absolute atomic E-state index is 0.0438. The van der Waals surface area contributed by atoms with Crippen molar-refractivity contribution >= 4 is 46.0 Å². The van der Waals surface area contributed by atoms with Crippen LogP contribution in [0.5, 0.6) is 5.75 Å². The van der Waals surface area contributed by atoms with E-state index in [1.807, 2.05) is 25.1 Å². The molecular weight excluding hydrogens is 517 g/mol. The third-order valence-corrected chi connectivity index (χ3v) is 5.85. The van der Waals surface area contributed by atoms with Crippen molar-refractivity contribution in [3.05, 3.63) is 101 Å². The van der Waals surface area contributed by atoms with Gasteiger partial charge in [0.1, 0.15) is 11.3 Å². The number of nitrogens with zero attached hydrogens (tertiary/aromatic N) is 4. The Morgan fingerprint density at radius 3 is 2.47 bits per heavy atom. The van der Waals surface area contributed by atoms with Gasteiger partial charge in [0.25, 0.3) is 0 Å². The van der Waals surface area contributed by atoms with Crippen LogP contribution < -0.4 is 0 Å². The summed E-state index contributed by atoms with van der Waals surface area (Å²) in [6.07, 6.45) is -2.97. The average molecular weight is 535 g/mol. The Bertz CT molecular complexity index is 1710. The summed E-state index contributed by atoms with van der Waals surface area (Å²) in [7, 11) is 0. The number of aromatic nitrogens is 1. The van der Waals surface area contributed by atoms with E-state index >= 15 is 0 Å². The van der Waals surface area contributed by atoms with Gasteiger partial charge in [-0.15, -0.1) is 0 Å². The third kappa shape index (κ3) is 5.57. The topological polar surface area (TPSA) is 83.3 Å². The number of benzene rings is 4. The van der Waals surface area contributed by atoms with Gasteiger partial charge < -0.3 is 9.52 Å². The van der Waals surface area contributed by atoms with Crippen molar-refractivity contribution in [2.75, 3.05) is 0 Å². The lowest BCUT2D eigenvalue weighted by molar-refractivity contribution is -0.137. The number of hydrogen-bond donors (Lipinski definition) is 1. The number of phenolic OH excluding ortho intramolecular Hbond substituents is 1. The Labute approximate surface area is 219 Å². The van der Waals surface area contributed by atoms with Crippen molar-refractivity contribution in [3.63, 3.8) is 0 Å². The molecule has 0 radical (unpaired) electrons. The fourth-order valence-electron chi connectivity index (χ4n) is 3.61. The molecule has 0 atom stereocenters. The Balaban J connectivity index is 1.35. The van der Waals surface area contributed by atoms with Crippen LogP contribution in [0.25, 0.3) is 22.6 Å². The van der Waals surface area contributed by atoms with Gasteiger partial charge in [0.15, 0.2) is 5.58 Å². The molecule has 4 aromatic carbocycles. The van der Waals surface area contributed by atoms with E-state index in [0.29, 0.717) is 33.3 Å². The van der Waals surface area contributed by atoms with Gasteiger partial charge in [-0.05, 0) is 73.2 Å². The maximum absolute atomic E-state index is 12.9. The Morgan fingerprint density at radius 2 is 1.71 bits per heavy atom. The zero-order valence-corrected chi connectivity index (χ0v) is 20.5. The van der Waals surface area contributed by atoms with Crippen LogP contribution in [0.4, 0.5) is 30.2 Å². The molecule has 0 unspecified atom stereocenters. The number of azo groups is 1. The van der Waals surface area contributed by atoms with Gasteiger partial charge in [0, 0.05) is 28.4 Å². The van der Waals surface area contributed by atoms with Crippen LogP contribution in [-0.4, -0.2) is 16.3 Å². The number of aliphatic imine (C=N–C) groups is 1. The van der Waals surface area contributed by atoms with Gasteiger partial charge in [-0.3, -0.25) is 4.99 Å². The van der Waals surface area contributed by atoms with Crippen molar-refractivity contribution in [1.82, 2.24) is 4.98 Å². The lowest BCUT2D eigenvalue weighted by Crippen LogP contribution is -2.03. The zero-order valence-electron chi connectivity index (χ0n) is 19.7. The fourth-order valence-corrected chi connectivity index (χ4v) is 3.77. The maximum atomic E-state index is 12.9. The zero-order chi connectivity index (χ0) is 26.9. The molecule has 0 spiro atoms. The molecular formula is C28H18ClF3N4O2. The number of hydrogen-bond acceptors (Lipinski definition) is 6. The lowest BCUT2D eigenvalue weighted by Gasteiger charge is -2.06. The molecule has 5 aromatic rings. The second-order valence-corrected chi connectivity index (χ2v) is 8.82. The molecule has 0 bridgehead atoms. The molecule has 0 aliphatic carbocycles. The first-order valence-corrected chi connectivity index (χ1v) is 11.7. The van der Waals surface area contributed by atoms with E-state index in [-0.39, 0.29) is 17.1 Å². The molecule has 6 nitrogen and oxygen atoms in total. The molecule has 0 amide bonds. The first-order chi connectivity index (χ1) is 18.2. The molecule has 190 valence electrons. The second kappa shape index (κ2) is 10.1. The van der Waals surface area contributed by atoms with E-state index in [9.17, 15) is 18.3 Å². The molecule has 0 aliphatic heterocycles. The number of aryl methyl sites for hydroxylation is 1. The second-order valence-electron chi connectivity index (χ2n) is 8.38. The minimum atomic E-state index is -4.47. The smallest absolute Gasteiger partial charge is 0.416 e. The molecule has 0 saturated heterocycles. The van der Waals surface area contributed by atoms with Crippen LogP contribution in [0.2, 0.25) is 5.02 Å². The van der Waals surface area contributed by atoms with Gasteiger partial charge in [-0.2, -0.15) is 23.4 Å². The SMILES string of the molecule is Cc1ccc(-c2nc3cc(Cl)ccc3o2)cc1N=Cc1ccc(N=Nc2cccc(C(F)(F)F)c2)cc1O. The molecule has 0 fully saturated rings.